The number of hydrogen-bond donors (Lipinski definition) is 1. The first-order valence-electron chi connectivity index (χ1n) is 5.05. The van der Waals surface area contributed by atoms with Gasteiger partial charge in [0.1, 0.15) is 0 Å². The van der Waals surface area contributed by atoms with E-state index in [0.717, 1.165) is 23.9 Å². The fourth-order valence-corrected chi connectivity index (χ4v) is 2.69. The lowest BCUT2D eigenvalue weighted by Gasteiger charge is -2.29. The maximum Gasteiger partial charge on any atom is 0.173 e. The number of nitrogens with one attached hydrogen (secondary N) is 1. The lowest BCUT2D eigenvalue weighted by molar-refractivity contribution is 0.470. The fraction of sp³-hybridized carbons (Fsp3) is 0.364. The molecule has 1 aliphatic heterocycles. The topological polar surface area (TPSA) is 15.3 Å². The van der Waals surface area contributed by atoms with Crippen molar-refractivity contribution in [2.75, 3.05) is 29.9 Å². The molecular formula is C11H14N2S2. The summed E-state index contributed by atoms with van der Waals surface area (Å²) >= 11 is 7.35. The van der Waals surface area contributed by atoms with Crippen LogP contribution < -0.4 is 5.32 Å². The average molecular weight is 238 g/mol. The van der Waals surface area contributed by atoms with E-state index in [-0.39, 0.29) is 0 Å². The molecule has 2 nitrogen and oxygen atoms in total. The van der Waals surface area contributed by atoms with Crippen LogP contribution in [0.2, 0.25) is 0 Å². The number of benzene rings is 1. The average Bonchev–Trinajstić information content (AvgIpc) is 2.31. The third kappa shape index (κ3) is 3.11. The Balaban J connectivity index is 1.91. The van der Waals surface area contributed by atoms with Crippen LogP contribution in [0.25, 0.3) is 0 Å². The summed E-state index contributed by atoms with van der Waals surface area (Å²) < 4.78 is 0. The Morgan fingerprint density at radius 1 is 1.20 bits per heavy atom. The number of thiocarbonyl (C=S) groups is 1. The molecule has 1 saturated heterocycles. The number of anilines is 1. The van der Waals surface area contributed by atoms with E-state index in [2.05, 4.69) is 10.2 Å². The Morgan fingerprint density at radius 3 is 2.53 bits per heavy atom. The van der Waals surface area contributed by atoms with Crippen molar-refractivity contribution >= 4 is 34.8 Å². The van der Waals surface area contributed by atoms with Gasteiger partial charge >= 0.3 is 0 Å². The molecule has 0 radical (unpaired) electrons. The minimum absolute atomic E-state index is 0.849. The summed E-state index contributed by atoms with van der Waals surface area (Å²) in [6.07, 6.45) is 0. The summed E-state index contributed by atoms with van der Waals surface area (Å²) in [4.78, 5) is 2.23. The highest BCUT2D eigenvalue weighted by atomic mass is 32.2. The predicted molar refractivity (Wildman–Crippen MR) is 71.6 cm³/mol. The van der Waals surface area contributed by atoms with Gasteiger partial charge in [-0.05, 0) is 24.4 Å². The molecule has 1 aliphatic rings. The highest BCUT2D eigenvalue weighted by Gasteiger charge is 2.12. The summed E-state index contributed by atoms with van der Waals surface area (Å²) in [7, 11) is 0. The van der Waals surface area contributed by atoms with E-state index >= 15 is 0 Å². The monoisotopic (exact) mass is 238 g/mol. The molecule has 4 heteroatoms. The van der Waals surface area contributed by atoms with Crippen molar-refractivity contribution in [2.24, 2.45) is 0 Å². The maximum atomic E-state index is 5.36. The van der Waals surface area contributed by atoms with Gasteiger partial charge in [0.25, 0.3) is 0 Å². The van der Waals surface area contributed by atoms with Gasteiger partial charge in [-0.15, -0.1) is 0 Å². The van der Waals surface area contributed by atoms with Crippen LogP contribution in [-0.2, 0) is 0 Å². The highest BCUT2D eigenvalue weighted by Crippen LogP contribution is 2.12. The molecule has 1 aromatic carbocycles. The van der Waals surface area contributed by atoms with Crippen molar-refractivity contribution in [3.63, 3.8) is 0 Å². The summed E-state index contributed by atoms with van der Waals surface area (Å²) in [6.45, 7) is 2.12. The summed E-state index contributed by atoms with van der Waals surface area (Å²) in [5.74, 6) is 2.35. The van der Waals surface area contributed by atoms with Gasteiger partial charge in [-0.2, -0.15) is 11.8 Å². The maximum absolute atomic E-state index is 5.36. The van der Waals surface area contributed by atoms with E-state index in [1.54, 1.807) is 0 Å². The zero-order valence-electron chi connectivity index (χ0n) is 8.48. The molecule has 15 heavy (non-hydrogen) atoms. The van der Waals surface area contributed by atoms with E-state index in [1.807, 2.05) is 42.1 Å². The van der Waals surface area contributed by atoms with Crippen molar-refractivity contribution in [2.45, 2.75) is 0 Å². The van der Waals surface area contributed by atoms with E-state index in [1.165, 1.54) is 11.5 Å². The molecule has 1 fully saturated rings. The quantitative estimate of drug-likeness (QED) is 0.756. The van der Waals surface area contributed by atoms with Gasteiger partial charge < -0.3 is 10.2 Å². The minimum atomic E-state index is 0.849. The second-order valence-electron chi connectivity index (χ2n) is 3.40. The first-order chi connectivity index (χ1) is 7.36. The van der Waals surface area contributed by atoms with Crippen LogP contribution in [0.15, 0.2) is 30.3 Å². The van der Waals surface area contributed by atoms with Crippen LogP contribution in [0.3, 0.4) is 0 Å². The summed E-state index contributed by atoms with van der Waals surface area (Å²) in [5, 5.41) is 4.11. The molecule has 0 atom stereocenters. The Hall–Kier alpha value is -0.740. The standard InChI is InChI=1S/C11H14N2S2/c14-11(13-6-8-15-9-7-13)12-10-4-2-1-3-5-10/h1-5H,6-9H2,(H,12,14). The van der Waals surface area contributed by atoms with Gasteiger partial charge in [0.15, 0.2) is 5.11 Å². The van der Waals surface area contributed by atoms with Crippen molar-refractivity contribution in [1.29, 1.82) is 0 Å². The minimum Gasteiger partial charge on any atom is -0.347 e. The van der Waals surface area contributed by atoms with Gasteiger partial charge in [0, 0.05) is 30.3 Å². The summed E-state index contributed by atoms with van der Waals surface area (Å²) in [5.41, 5.74) is 1.07. The van der Waals surface area contributed by atoms with Gasteiger partial charge in [-0.25, -0.2) is 0 Å². The van der Waals surface area contributed by atoms with Gasteiger partial charge in [0.2, 0.25) is 0 Å². The van der Waals surface area contributed by atoms with Crippen LogP contribution in [-0.4, -0.2) is 34.6 Å². The van der Waals surface area contributed by atoms with Crippen molar-refractivity contribution in [1.82, 2.24) is 4.90 Å². The molecule has 1 N–H and O–H groups in total. The molecule has 1 aromatic rings. The van der Waals surface area contributed by atoms with Gasteiger partial charge in [-0.1, -0.05) is 18.2 Å². The van der Waals surface area contributed by atoms with Crippen molar-refractivity contribution in [3.05, 3.63) is 30.3 Å². The van der Waals surface area contributed by atoms with Crippen LogP contribution in [0.5, 0.6) is 0 Å². The largest absolute Gasteiger partial charge is 0.347 e. The predicted octanol–water partition coefficient (Wildman–Crippen LogP) is 2.43. The SMILES string of the molecule is S=C(Nc1ccccc1)N1CCSCC1. The second-order valence-corrected chi connectivity index (χ2v) is 5.01. The molecule has 0 aromatic heterocycles. The van der Waals surface area contributed by atoms with Crippen LogP contribution >= 0.6 is 24.0 Å². The molecule has 2 rings (SSSR count). The number of hydrogen-bond acceptors (Lipinski definition) is 2. The number of nitrogens with zero attached hydrogens (tertiary/aromatic N) is 1. The van der Waals surface area contributed by atoms with E-state index < -0.39 is 0 Å². The second kappa shape index (κ2) is 5.37. The van der Waals surface area contributed by atoms with E-state index in [9.17, 15) is 0 Å². The molecule has 80 valence electrons. The van der Waals surface area contributed by atoms with E-state index in [4.69, 9.17) is 12.2 Å². The Bertz CT molecular complexity index is 321. The smallest absolute Gasteiger partial charge is 0.173 e. The lowest BCUT2D eigenvalue weighted by atomic mass is 10.3. The molecule has 0 saturated carbocycles. The zero-order valence-corrected chi connectivity index (χ0v) is 10.1. The fourth-order valence-electron chi connectivity index (χ4n) is 1.49. The van der Waals surface area contributed by atoms with Crippen LogP contribution in [0.1, 0.15) is 0 Å². The number of para-hydroxylation sites is 1. The van der Waals surface area contributed by atoms with Gasteiger partial charge in [-0.3, -0.25) is 0 Å². The molecule has 0 bridgehead atoms. The van der Waals surface area contributed by atoms with Crippen LogP contribution in [0, 0.1) is 0 Å². The molecular weight excluding hydrogens is 224 g/mol. The third-order valence-electron chi connectivity index (χ3n) is 2.32. The molecule has 1 heterocycles. The number of thioether (sulfide) groups is 1. The summed E-state index contributed by atoms with van der Waals surface area (Å²) in [6, 6.07) is 10.1. The van der Waals surface area contributed by atoms with Crippen LogP contribution in [0.4, 0.5) is 5.69 Å². The first kappa shape index (κ1) is 10.8. The highest BCUT2D eigenvalue weighted by molar-refractivity contribution is 7.99. The molecule has 0 amide bonds. The van der Waals surface area contributed by atoms with Gasteiger partial charge in [0.05, 0.1) is 0 Å². The van der Waals surface area contributed by atoms with E-state index in [0.29, 0.717) is 0 Å². The number of rotatable bonds is 1. The van der Waals surface area contributed by atoms with Crippen molar-refractivity contribution in [3.8, 4) is 0 Å². The lowest BCUT2D eigenvalue weighted by Crippen LogP contribution is -2.40. The Morgan fingerprint density at radius 2 is 1.87 bits per heavy atom. The van der Waals surface area contributed by atoms with Crippen molar-refractivity contribution < 1.29 is 0 Å². The first-order valence-corrected chi connectivity index (χ1v) is 6.61. The third-order valence-corrected chi connectivity index (χ3v) is 3.63. The molecule has 0 aliphatic carbocycles. The molecule has 0 unspecified atom stereocenters. The Labute approximate surface area is 100 Å². The zero-order chi connectivity index (χ0) is 10.5. The Kier molecular flexibility index (Phi) is 3.86. The molecule has 0 spiro atoms. The normalized spacial score (nSPS) is 16.1.